The van der Waals surface area contributed by atoms with Crippen LogP contribution in [0.25, 0.3) is 0 Å². The van der Waals surface area contributed by atoms with Crippen LogP contribution in [0.3, 0.4) is 0 Å². The highest BCUT2D eigenvalue weighted by Crippen LogP contribution is 2.60. The molecule has 2 N–H and O–H groups in total. The number of amides is 2. The van der Waals surface area contributed by atoms with Crippen LogP contribution in [0.2, 0.25) is 0 Å². The molecule has 2 bridgehead atoms. The van der Waals surface area contributed by atoms with Gasteiger partial charge in [-0.25, -0.2) is 0 Å². The average Bonchev–Trinajstić information content (AvgIpc) is 3.25. The molecule has 0 spiro atoms. The molecule has 8 nitrogen and oxygen atoms in total. The van der Waals surface area contributed by atoms with Gasteiger partial charge >= 0.3 is 11.9 Å². The van der Waals surface area contributed by atoms with E-state index in [0.717, 1.165) is 6.42 Å². The van der Waals surface area contributed by atoms with E-state index in [1.54, 1.807) is 24.3 Å². The molecule has 1 aromatic carbocycles. The SMILES string of the molecule is CC(=O)Nc1ccc(NC(=O)COC(=O)[C@@H]2[C@H]3C[C@H]4[C@H](OC(=O)[C@H]42)[C@H]3Br)cc1. The van der Waals surface area contributed by atoms with Gasteiger partial charge in [0, 0.05) is 24.2 Å². The Morgan fingerprint density at radius 1 is 1.14 bits per heavy atom. The van der Waals surface area contributed by atoms with Gasteiger partial charge in [0.25, 0.3) is 5.91 Å². The maximum Gasteiger partial charge on any atom is 0.310 e. The number of hydrogen-bond acceptors (Lipinski definition) is 6. The molecule has 3 fully saturated rings. The van der Waals surface area contributed by atoms with Crippen molar-refractivity contribution in [3.63, 3.8) is 0 Å². The molecule has 4 rings (SSSR count). The number of fused-ring (bicyclic) bond motifs is 1. The Morgan fingerprint density at radius 2 is 1.79 bits per heavy atom. The standard InChI is InChI=1S/C19H19BrN2O6/c1-8(23)21-9-2-4-10(5-3-9)22-13(24)7-27-18(25)14-11-6-12-15(14)19(26)28-17(12)16(11)20/h2-5,11-12,14-17H,6-7H2,1H3,(H,21,23)(H,22,24)/t11-,12-,14-,15-,16+,17+/m1/s1. The van der Waals surface area contributed by atoms with Crippen molar-refractivity contribution < 1.29 is 28.7 Å². The van der Waals surface area contributed by atoms with E-state index in [2.05, 4.69) is 26.6 Å². The average molecular weight is 451 g/mol. The number of benzene rings is 1. The van der Waals surface area contributed by atoms with Gasteiger partial charge in [-0.15, -0.1) is 0 Å². The molecule has 0 unspecified atom stereocenters. The minimum absolute atomic E-state index is 0.0108. The summed E-state index contributed by atoms with van der Waals surface area (Å²) in [5, 5.41) is 5.25. The minimum Gasteiger partial charge on any atom is -0.461 e. The van der Waals surface area contributed by atoms with Crippen LogP contribution in [0.15, 0.2) is 24.3 Å². The Kier molecular flexibility index (Phi) is 4.86. The van der Waals surface area contributed by atoms with Crippen LogP contribution in [0.1, 0.15) is 13.3 Å². The summed E-state index contributed by atoms with van der Waals surface area (Å²) < 4.78 is 10.6. The Balaban J connectivity index is 1.31. The van der Waals surface area contributed by atoms with E-state index in [-0.39, 0.29) is 34.6 Å². The monoisotopic (exact) mass is 450 g/mol. The number of anilines is 2. The summed E-state index contributed by atoms with van der Waals surface area (Å²) in [5.74, 6) is -2.52. The van der Waals surface area contributed by atoms with E-state index in [4.69, 9.17) is 9.47 Å². The number of hydrogen-bond donors (Lipinski definition) is 2. The summed E-state index contributed by atoms with van der Waals surface area (Å²) in [6, 6.07) is 6.56. The van der Waals surface area contributed by atoms with Gasteiger partial charge in [0.1, 0.15) is 6.10 Å². The van der Waals surface area contributed by atoms with Crippen molar-refractivity contribution in [2.75, 3.05) is 17.2 Å². The first kappa shape index (κ1) is 18.9. The lowest BCUT2D eigenvalue weighted by Gasteiger charge is -2.26. The van der Waals surface area contributed by atoms with Gasteiger partial charge in [-0.3, -0.25) is 19.2 Å². The van der Waals surface area contributed by atoms with Crippen molar-refractivity contribution in [1.29, 1.82) is 0 Å². The Labute approximate surface area is 169 Å². The third-order valence-corrected chi connectivity index (χ3v) is 6.83. The minimum atomic E-state index is -0.564. The number of carbonyl (C=O) groups excluding carboxylic acids is 4. The number of nitrogens with one attached hydrogen (secondary N) is 2. The lowest BCUT2D eigenvalue weighted by molar-refractivity contribution is -0.157. The van der Waals surface area contributed by atoms with E-state index in [0.29, 0.717) is 11.4 Å². The summed E-state index contributed by atoms with van der Waals surface area (Å²) >= 11 is 3.54. The molecule has 1 aromatic rings. The maximum atomic E-state index is 12.5. The maximum absolute atomic E-state index is 12.5. The zero-order valence-electron chi connectivity index (χ0n) is 15.0. The molecule has 1 aliphatic heterocycles. The molecule has 148 valence electrons. The quantitative estimate of drug-likeness (QED) is 0.521. The van der Waals surface area contributed by atoms with Crippen molar-refractivity contribution in [2.24, 2.45) is 23.7 Å². The molecule has 28 heavy (non-hydrogen) atoms. The van der Waals surface area contributed by atoms with Crippen molar-refractivity contribution >= 4 is 51.1 Å². The number of rotatable bonds is 5. The third kappa shape index (κ3) is 3.28. The van der Waals surface area contributed by atoms with Crippen LogP contribution in [-0.4, -0.2) is 41.3 Å². The second-order valence-electron chi connectivity index (χ2n) is 7.38. The fourth-order valence-electron chi connectivity index (χ4n) is 4.56. The van der Waals surface area contributed by atoms with Crippen LogP contribution >= 0.6 is 15.9 Å². The van der Waals surface area contributed by atoms with Gasteiger partial charge in [-0.1, -0.05) is 15.9 Å². The van der Waals surface area contributed by atoms with E-state index < -0.39 is 30.3 Å². The number of carbonyl (C=O) groups is 4. The van der Waals surface area contributed by atoms with Crippen LogP contribution in [0, 0.1) is 23.7 Å². The first-order valence-corrected chi connectivity index (χ1v) is 9.95. The van der Waals surface area contributed by atoms with Crippen molar-refractivity contribution in [2.45, 2.75) is 24.3 Å². The van der Waals surface area contributed by atoms with Gasteiger partial charge in [-0.2, -0.15) is 0 Å². The fourth-order valence-corrected chi connectivity index (χ4v) is 5.61. The van der Waals surface area contributed by atoms with Gasteiger partial charge in [-0.05, 0) is 36.6 Å². The number of halogens is 1. The molecule has 0 radical (unpaired) electrons. The zero-order valence-corrected chi connectivity index (χ0v) is 16.6. The fraction of sp³-hybridized carbons (Fsp3) is 0.474. The largest absolute Gasteiger partial charge is 0.461 e. The molecule has 6 atom stereocenters. The molecule has 1 saturated heterocycles. The molecule has 9 heteroatoms. The van der Waals surface area contributed by atoms with Gasteiger partial charge < -0.3 is 20.1 Å². The van der Waals surface area contributed by atoms with Crippen LogP contribution in [0.5, 0.6) is 0 Å². The molecule has 0 aromatic heterocycles. The molecule has 2 aliphatic carbocycles. The van der Waals surface area contributed by atoms with E-state index in [9.17, 15) is 19.2 Å². The summed E-state index contributed by atoms with van der Waals surface area (Å²) in [6.45, 7) is 0.974. The summed E-state index contributed by atoms with van der Waals surface area (Å²) in [5.41, 5.74) is 1.12. The van der Waals surface area contributed by atoms with E-state index >= 15 is 0 Å². The topological polar surface area (TPSA) is 111 Å². The molecule has 2 saturated carbocycles. The Morgan fingerprint density at radius 3 is 2.43 bits per heavy atom. The van der Waals surface area contributed by atoms with Crippen LogP contribution < -0.4 is 10.6 Å². The highest BCUT2D eigenvalue weighted by molar-refractivity contribution is 9.09. The lowest BCUT2D eigenvalue weighted by atomic mass is 9.80. The summed E-state index contributed by atoms with van der Waals surface area (Å²) in [7, 11) is 0. The van der Waals surface area contributed by atoms with Crippen molar-refractivity contribution in [3.05, 3.63) is 24.3 Å². The predicted molar refractivity (Wildman–Crippen MR) is 102 cm³/mol. The molecular formula is C19H19BrN2O6. The van der Waals surface area contributed by atoms with Gasteiger partial charge in [0.05, 0.1) is 16.7 Å². The first-order chi connectivity index (χ1) is 13.3. The van der Waals surface area contributed by atoms with Crippen LogP contribution in [-0.2, 0) is 28.7 Å². The summed E-state index contributed by atoms with van der Waals surface area (Å²) in [6.07, 6.45) is 0.596. The molecule has 1 heterocycles. The van der Waals surface area contributed by atoms with Crippen molar-refractivity contribution in [1.82, 2.24) is 0 Å². The zero-order chi connectivity index (χ0) is 20.0. The molecule has 2 amide bonds. The van der Waals surface area contributed by atoms with Gasteiger partial charge in [0.2, 0.25) is 5.91 Å². The van der Waals surface area contributed by atoms with E-state index in [1.165, 1.54) is 6.92 Å². The molecular weight excluding hydrogens is 432 g/mol. The Bertz CT molecular complexity index is 841. The number of alkyl halides is 1. The highest BCUT2D eigenvalue weighted by atomic mass is 79.9. The smallest absolute Gasteiger partial charge is 0.310 e. The van der Waals surface area contributed by atoms with E-state index in [1.807, 2.05) is 0 Å². The molecule has 3 aliphatic rings. The predicted octanol–water partition coefficient (Wildman–Crippen LogP) is 1.70. The second-order valence-corrected chi connectivity index (χ2v) is 8.43. The second kappa shape index (κ2) is 7.20. The Hall–Kier alpha value is -2.42. The number of ether oxygens (including phenoxy) is 2. The normalized spacial score (nSPS) is 32.0. The van der Waals surface area contributed by atoms with Gasteiger partial charge in [0.15, 0.2) is 6.61 Å². The first-order valence-electron chi connectivity index (χ1n) is 9.04. The third-order valence-electron chi connectivity index (χ3n) is 5.63. The summed E-state index contributed by atoms with van der Waals surface area (Å²) in [4.78, 5) is 47.7. The van der Waals surface area contributed by atoms with Crippen LogP contribution in [0.4, 0.5) is 11.4 Å². The lowest BCUT2D eigenvalue weighted by Crippen LogP contribution is -2.39. The highest BCUT2D eigenvalue weighted by Gasteiger charge is 2.68. The van der Waals surface area contributed by atoms with Crippen molar-refractivity contribution in [3.8, 4) is 0 Å². The number of esters is 2.